The number of hydrogen-bond donors (Lipinski definition) is 2. The Balaban J connectivity index is 1.74. The highest BCUT2D eigenvalue weighted by Crippen LogP contribution is 2.51. The second-order valence-corrected chi connectivity index (χ2v) is 7.42. The van der Waals surface area contributed by atoms with Gasteiger partial charge in [-0.25, -0.2) is 9.59 Å². The van der Waals surface area contributed by atoms with Crippen LogP contribution in [0.5, 0.6) is 0 Å². The number of hydrogen-bond acceptors (Lipinski definition) is 8. The molecule has 0 radical (unpaired) electrons. The van der Waals surface area contributed by atoms with Crippen LogP contribution in [0.15, 0.2) is 36.0 Å². The Bertz CT molecular complexity index is 740. The summed E-state index contributed by atoms with van der Waals surface area (Å²) in [6.07, 6.45) is 0.352. The minimum absolute atomic E-state index is 0.109. The molecule has 0 amide bonds. The maximum absolute atomic E-state index is 12.3. The van der Waals surface area contributed by atoms with Crippen LogP contribution < -0.4 is 0 Å². The monoisotopic (exact) mass is 378 g/mol. The second kappa shape index (κ2) is 6.56. The van der Waals surface area contributed by atoms with E-state index in [0.29, 0.717) is 12.8 Å². The molecule has 27 heavy (non-hydrogen) atoms. The average Bonchev–Trinajstić information content (AvgIpc) is 3.26. The van der Waals surface area contributed by atoms with E-state index in [4.69, 9.17) is 24.1 Å². The van der Waals surface area contributed by atoms with Gasteiger partial charge in [-0.3, -0.25) is 0 Å². The highest BCUT2D eigenvalue weighted by Gasteiger charge is 2.65. The molecule has 6 atom stereocenters. The van der Waals surface area contributed by atoms with Gasteiger partial charge >= 0.3 is 11.9 Å². The van der Waals surface area contributed by atoms with E-state index in [1.807, 2.05) is 0 Å². The van der Waals surface area contributed by atoms with Crippen molar-refractivity contribution in [2.24, 2.45) is 5.92 Å². The molecule has 1 aliphatic carbocycles. The van der Waals surface area contributed by atoms with Gasteiger partial charge in [0.2, 0.25) is 0 Å². The molecule has 3 fully saturated rings. The van der Waals surface area contributed by atoms with E-state index in [-0.39, 0.29) is 30.3 Å². The predicted octanol–water partition coefficient (Wildman–Crippen LogP) is 0.141. The summed E-state index contributed by atoms with van der Waals surface area (Å²) >= 11 is 0. The Morgan fingerprint density at radius 1 is 1.44 bits per heavy atom. The first-order valence-corrected chi connectivity index (χ1v) is 8.92. The van der Waals surface area contributed by atoms with E-state index in [1.165, 1.54) is 0 Å². The maximum atomic E-state index is 12.3. The lowest BCUT2D eigenvalue weighted by Crippen LogP contribution is -2.45. The fourth-order valence-electron chi connectivity index (χ4n) is 4.13. The fourth-order valence-corrected chi connectivity index (χ4v) is 4.13. The highest BCUT2D eigenvalue weighted by molar-refractivity contribution is 5.92. The van der Waals surface area contributed by atoms with Crippen molar-refractivity contribution in [3.63, 3.8) is 0 Å². The van der Waals surface area contributed by atoms with Crippen molar-refractivity contribution < 1.29 is 38.7 Å². The van der Waals surface area contributed by atoms with Crippen molar-refractivity contribution in [1.82, 2.24) is 0 Å². The van der Waals surface area contributed by atoms with Gasteiger partial charge in [-0.05, 0) is 24.5 Å². The number of ether oxygens (including phenoxy) is 4. The van der Waals surface area contributed by atoms with E-state index >= 15 is 0 Å². The van der Waals surface area contributed by atoms with Crippen LogP contribution in [0.3, 0.4) is 0 Å². The first-order valence-electron chi connectivity index (χ1n) is 8.92. The Morgan fingerprint density at radius 2 is 2.22 bits per heavy atom. The normalized spacial score (nSPS) is 42.1. The lowest BCUT2D eigenvalue weighted by Gasteiger charge is -2.33. The van der Waals surface area contributed by atoms with Crippen molar-refractivity contribution in [1.29, 1.82) is 0 Å². The topological polar surface area (TPSA) is 115 Å². The van der Waals surface area contributed by atoms with E-state index < -0.39 is 48.6 Å². The van der Waals surface area contributed by atoms with Crippen molar-refractivity contribution in [3.8, 4) is 0 Å². The number of epoxide rings is 1. The number of carbonyl (C=O) groups is 2. The lowest BCUT2D eigenvalue weighted by atomic mass is 9.81. The van der Waals surface area contributed by atoms with E-state index in [1.54, 1.807) is 6.08 Å². The molecule has 0 aromatic carbocycles. The number of rotatable bonds is 3. The third-order valence-corrected chi connectivity index (χ3v) is 5.74. The summed E-state index contributed by atoms with van der Waals surface area (Å²) < 4.78 is 22.4. The lowest BCUT2D eigenvalue weighted by molar-refractivity contribution is -0.163. The molecule has 5 rings (SSSR count). The number of aliphatic hydroxyl groups is 2. The van der Waals surface area contributed by atoms with Crippen LogP contribution in [-0.4, -0.2) is 65.6 Å². The molecular weight excluding hydrogens is 356 g/mol. The molecule has 4 heterocycles. The Morgan fingerprint density at radius 3 is 2.96 bits per heavy atom. The SMILES string of the molecule is C=C(CO)C(=O)OC1CC23OC2CC/C(=C\C2OC(=O)C(=C)C21)COC3O. The van der Waals surface area contributed by atoms with Crippen LogP contribution in [0.4, 0.5) is 0 Å². The molecular formula is C19H22O8. The number of aliphatic hydroxyl groups excluding tert-OH is 2. The van der Waals surface area contributed by atoms with Gasteiger partial charge in [-0.15, -0.1) is 0 Å². The summed E-state index contributed by atoms with van der Waals surface area (Å²) in [5, 5.41) is 19.7. The van der Waals surface area contributed by atoms with Crippen LogP contribution in [0, 0.1) is 5.92 Å². The van der Waals surface area contributed by atoms with Gasteiger partial charge in [0.1, 0.15) is 17.8 Å². The third-order valence-electron chi connectivity index (χ3n) is 5.74. The largest absolute Gasteiger partial charge is 0.458 e. The highest BCUT2D eigenvalue weighted by atomic mass is 16.7. The molecule has 0 aromatic rings. The Kier molecular flexibility index (Phi) is 4.46. The van der Waals surface area contributed by atoms with E-state index in [9.17, 15) is 14.7 Å². The zero-order valence-corrected chi connectivity index (χ0v) is 14.8. The number of carbonyl (C=O) groups excluding carboxylic acids is 2. The minimum Gasteiger partial charge on any atom is -0.458 e. The van der Waals surface area contributed by atoms with Crippen molar-refractivity contribution >= 4 is 11.9 Å². The van der Waals surface area contributed by atoms with E-state index in [0.717, 1.165) is 5.57 Å². The maximum Gasteiger partial charge on any atom is 0.336 e. The predicted molar refractivity (Wildman–Crippen MR) is 90.1 cm³/mol. The Hall–Kier alpha value is -2.00. The molecule has 4 aliphatic heterocycles. The molecule has 6 unspecified atom stereocenters. The quantitative estimate of drug-likeness (QED) is 0.308. The van der Waals surface area contributed by atoms with Crippen LogP contribution >= 0.6 is 0 Å². The number of esters is 2. The van der Waals surface area contributed by atoms with Crippen molar-refractivity contribution in [2.75, 3.05) is 13.2 Å². The molecule has 2 N–H and O–H groups in total. The zero-order valence-electron chi connectivity index (χ0n) is 14.8. The fraction of sp³-hybridized carbons (Fsp3) is 0.579. The summed E-state index contributed by atoms with van der Waals surface area (Å²) in [5.41, 5.74) is -0.0403. The van der Waals surface area contributed by atoms with Crippen molar-refractivity contribution in [3.05, 3.63) is 36.0 Å². The molecule has 146 valence electrons. The first-order chi connectivity index (χ1) is 12.9. The molecule has 0 saturated carbocycles. The van der Waals surface area contributed by atoms with Gasteiger partial charge in [0.05, 0.1) is 30.8 Å². The van der Waals surface area contributed by atoms with Gasteiger partial charge < -0.3 is 29.2 Å². The van der Waals surface area contributed by atoms with E-state index in [2.05, 4.69) is 13.2 Å². The molecule has 0 aromatic heterocycles. The van der Waals surface area contributed by atoms with Gasteiger partial charge in [-0.2, -0.15) is 0 Å². The van der Waals surface area contributed by atoms with Gasteiger partial charge in [0, 0.05) is 12.0 Å². The number of fused-ring (bicyclic) bond motifs is 4. The summed E-state index contributed by atoms with van der Waals surface area (Å²) in [7, 11) is 0. The smallest absolute Gasteiger partial charge is 0.336 e. The molecule has 5 aliphatic rings. The molecule has 8 heteroatoms. The van der Waals surface area contributed by atoms with Crippen LogP contribution in [0.2, 0.25) is 0 Å². The third kappa shape index (κ3) is 3.02. The van der Waals surface area contributed by atoms with Gasteiger partial charge in [0.25, 0.3) is 0 Å². The van der Waals surface area contributed by atoms with Crippen LogP contribution in [0.1, 0.15) is 19.3 Å². The van der Waals surface area contributed by atoms with Gasteiger partial charge in [-0.1, -0.05) is 13.2 Å². The summed E-state index contributed by atoms with van der Waals surface area (Å²) in [6, 6.07) is 0. The standard InChI is InChI=1S/C19H22O8/c1-9(7-20)16(21)26-13-6-19-14(27-19)4-3-11(8-24-18(19)23)5-12-15(13)10(2)17(22)25-12/h5,12-15,18,20,23H,1-4,6-8H2/b11-5+. The summed E-state index contributed by atoms with van der Waals surface area (Å²) in [4.78, 5) is 24.4. The molecule has 2 bridgehead atoms. The molecule has 8 nitrogen and oxygen atoms in total. The summed E-state index contributed by atoms with van der Waals surface area (Å²) in [6.45, 7) is 6.95. The average molecular weight is 378 g/mol. The minimum atomic E-state index is -1.18. The molecule has 3 saturated heterocycles. The van der Waals surface area contributed by atoms with Crippen LogP contribution in [0.25, 0.3) is 0 Å². The Labute approximate surface area is 156 Å². The van der Waals surface area contributed by atoms with Crippen molar-refractivity contribution in [2.45, 2.75) is 49.5 Å². The first kappa shape index (κ1) is 18.4. The second-order valence-electron chi connectivity index (χ2n) is 7.42. The zero-order chi connectivity index (χ0) is 19.3. The summed E-state index contributed by atoms with van der Waals surface area (Å²) in [5.74, 6) is -1.95. The van der Waals surface area contributed by atoms with Gasteiger partial charge in [0.15, 0.2) is 6.29 Å². The molecule has 1 spiro atoms. The van der Waals surface area contributed by atoms with Crippen LogP contribution in [-0.2, 0) is 28.5 Å².